The molecule has 0 aromatic rings. The lowest BCUT2D eigenvalue weighted by Gasteiger charge is -2.26. The second kappa shape index (κ2) is 5.01. The normalized spacial score (nSPS) is 63.8. The maximum atomic E-state index is 11.5. The Kier molecular flexibility index (Phi) is 3.00. The molecule has 2 saturated carbocycles. The third-order valence-electron chi connectivity index (χ3n) is 7.29. The van der Waals surface area contributed by atoms with Crippen LogP contribution in [0.25, 0.3) is 0 Å². The van der Waals surface area contributed by atoms with Gasteiger partial charge >= 0.3 is 0 Å². The molecule has 0 bridgehead atoms. The van der Waals surface area contributed by atoms with Crippen molar-refractivity contribution in [3.05, 3.63) is 0 Å². The first-order valence-corrected chi connectivity index (χ1v) is 9.86. The Hall–Kier alpha value is -0.980. The van der Waals surface area contributed by atoms with E-state index in [0.717, 1.165) is 12.8 Å². The van der Waals surface area contributed by atoms with E-state index in [2.05, 4.69) is 0 Å². The monoisotopic (exact) mass is 396 g/mol. The highest BCUT2D eigenvalue weighted by atomic mass is 16.7. The van der Waals surface area contributed by atoms with Gasteiger partial charge in [-0.3, -0.25) is 9.59 Å². The molecule has 12 atom stereocenters. The van der Waals surface area contributed by atoms with Crippen molar-refractivity contribution in [1.82, 2.24) is 0 Å². The minimum Gasteiger partial charge on any atom is -0.368 e. The predicted molar refractivity (Wildman–Crippen MR) is 82.8 cm³/mol. The van der Waals surface area contributed by atoms with Crippen LogP contribution < -0.4 is 0 Å². The van der Waals surface area contributed by atoms with Gasteiger partial charge in [0.05, 0.1) is 0 Å². The zero-order valence-electron chi connectivity index (χ0n) is 14.8. The molecule has 152 valence electrons. The summed E-state index contributed by atoms with van der Waals surface area (Å²) in [5, 5.41) is 18.7. The Balaban J connectivity index is 0.000000103. The molecule has 0 aromatic carbocycles. The molecule has 8 rings (SSSR count). The second-order valence-corrected chi connectivity index (χ2v) is 8.85. The Labute approximate surface area is 158 Å². The number of fused-ring (bicyclic) bond motifs is 8. The maximum absolute atomic E-state index is 11.5. The lowest BCUT2D eigenvalue weighted by molar-refractivity contribution is -0.154. The molecule has 2 unspecified atom stereocenters. The minimum absolute atomic E-state index is 0.0515. The first kappa shape index (κ1) is 16.8. The summed E-state index contributed by atoms with van der Waals surface area (Å²) in [4.78, 5) is 22.9. The van der Waals surface area contributed by atoms with Crippen LogP contribution in [0.3, 0.4) is 0 Å². The molecule has 28 heavy (non-hydrogen) atoms. The maximum Gasteiger partial charge on any atom is 0.195 e. The van der Waals surface area contributed by atoms with Crippen LogP contribution in [-0.2, 0) is 38.0 Å². The van der Waals surface area contributed by atoms with E-state index in [-0.39, 0.29) is 60.4 Å². The molecule has 0 amide bonds. The topological polar surface area (TPSA) is 143 Å². The molecule has 8 fully saturated rings. The number of rotatable bonds is 0. The van der Waals surface area contributed by atoms with Crippen LogP contribution in [0.15, 0.2) is 0 Å². The number of epoxide rings is 4. The highest BCUT2D eigenvalue weighted by molar-refractivity contribution is 5.95. The summed E-state index contributed by atoms with van der Waals surface area (Å²) < 4.78 is 32.2. The van der Waals surface area contributed by atoms with Gasteiger partial charge in [-0.25, -0.2) is 0 Å². The molecule has 2 N–H and O–H groups in total. The number of aliphatic hydroxyl groups is 2. The smallest absolute Gasteiger partial charge is 0.195 e. The summed E-state index contributed by atoms with van der Waals surface area (Å²) in [6.45, 7) is 0. The lowest BCUT2D eigenvalue weighted by atomic mass is 9.82. The molecule has 6 saturated heterocycles. The molecule has 6 aliphatic heterocycles. The van der Waals surface area contributed by atoms with Gasteiger partial charge in [0.2, 0.25) is 0 Å². The van der Waals surface area contributed by atoms with E-state index in [1.165, 1.54) is 0 Å². The molecule has 2 spiro atoms. The average molecular weight is 396 g/mol. The Bertz CT molecular complexity index is 678. The standard InChI is InChI=1S/2C9H10O5/c2*10-3-1-2-9(14-3)7-5(12-7)4(11)6-8(9)13-6/h2*3,5-8,10H,1-2H2/t2*3-,5-,6+,7-,8+,9?/m10/s1. The summed E-state index contributed by atoms with van der Waals surface area (Å²) in [6, 6.07) is 0. The number of carbonyl (C=O) groups is 2. The van der Waals surface area contributed by atoms with Crippen LogP contribution in [-0.4, -0.2) is 94.4 Å². The van der Waals surface area contributed by atoms with Crippen molar-refractivity contribution in [2.45, 2.75) is 98.3 Å². The van der Waals surface area contributed by atoms with Crippen molar-refractivity contribution >= 4 is 11.6 Å². The molecular weight excluding hydrogens is 376 g/mol. The predicted octanol–water partition coefficient (Wildman–Crippen LogP) is -2.06. The minimum atomic E-state index is -0.724. The summed E-state index contributed by atoms with van der Waals surface area (Å²) in [5.41, 5.74) is -1.05. The van der Waals surface area contributed by atoms with Crippen LogP contribution in [0.2, 0.25) is 0 Å². The fourth-order valence-electron chi connectivity index (χ4n) is 5.73. The van der Waals surface area contributed by atoms with E-state index in [1.807, 2.05) is 0 Å². The van der Waals surface area contributed by atoms with Gasteiger partial charge in [-0.05, 0) is 12.8 Å². The highest BCUT2D eigenvalue weighted by Gasteiger charge is 2.79. The quantitative estimate of drug-likeness (QED) is 0.439. The second-order valence-electron chi connectivity index (χ2n) is 8.85. The number of hydrogen-bond acceptors (Lipinski definition) is 10. The molecule has 0 aromatic heterocycles. The van der Waals surface area contributed by atoms with Gasteiger partial charge in [-0.2, -0.15) is 0 Å². The van der Waals surface area contributed by atoms with Crippen molar-refractivity contribution in [2.24, 2.45) is 0 Å². The molecule has 10 nitrogen and oxygen atoms in total. The number of aliphatic hydroxyl groups excluding tert-OH is 2. The summed E-state index contributed by atoms with van der Waals surface area (Å²) in [7, 11) is 0. The first-order chi connectivity index (χ1) is 13.4. The van der Waals surface area contributed by atoms with Gasteiger partial charge < -0.3 is 38.6 Å². The van der Waals surface area contributed by atoms with Crippen molar-refractivity contribution in [3.8, 4) is 0 Å². The number of Topliss-reactive ketones (excluding diaryl/α,β-unsaturated/α-hetero) is 2. The Morgan fingerprint density at radius 2 is 0.964 bits per heavy atom. The third-order valence-corrected chi connectivity index (χ3v) is 7.29. The van der Waals surface area contributed by atoms with Gasteiger partial charge in [0.1, 0.15) is 60.0 Å². The van der Waals surface area contributed by atoms with Crippen molar-refractivity contribution in [2.75, 3.05) is 0 Å². The largest absolute Gasteiger partial charge is 0.368 e. The van der Waals surface area contributed by atoms with Gasteiger partial charge in [-0.15, -0.1) is 0 Å². The summed E-state index contributed by atoms with van der Waals surface area (Å²) >= 11 is 0. The molecule has 6 heterocycles. The zero-order chi connectivity index (χ0) is 19.0. The molecule has 8 aliphatic rings. The molecular formula is C18H20O10. The molecule has 0 radical (unpaired) electrons. The van der Waals surface area contributed by atoms with Crippen LogP contribution in [0.4, 0.5) is 0 Å². The summed E-state index contributed by atoms with van der Waals surface area (Å²) in [5.74, 6) is 0.103. The van der Waals surface area contributed by atoms with Crippen molar-refractivity contribution < 1.29 is 48.2 Å². The van der Waals surface area contributed by atoms with Crippen LogP contribution in [0, 0.1) is 0 Å². The molecule has 2 aliphatic carbocycles. The SMILES string of the molecule is O=C1[C@H]2O[C@H]2C2(CC[C@@H](O)O2)[C@H]2O[C@@H]12.O=C1[C@H]2O[C@H]2C2(CC[C@H](O)O2)[C@H]2O[C@@H]12. The van der Waals surface area contributed by atoms with E-state index in [4.69, 9.17) is 28.4 Å². The van der Waals surface area contributed by atoms with Gasteiger partial charge in [0.25, 0.3) is 0 Å². The van der Waals surface area contributed by atoms with E-state index in [9.17, 15) is 19.8 Å². The Morgan fingerprint density at radius 3 is 1.21 bits per heavy atom. The van der Waals surface area contributed by atoms with Crippen LogP contribution in [0.5, 0.6) is 0 Å². The number of ketones is 2. The number of hydrogen-bond donors (Lipinski definition) is 2. The Morgan fingerprint density at radius 1 is 0.643 bits per heavy atom. The molecule has 10 heteroatoms. The van der Waals surface area contributed by atoms with Gasteiger partial charge in [0.15, 0.2) is 24.1 Å². The number of carbonyl (C=O) groups excluding carboxylic acids is 2. The lowest BCUT2D eigenvalue weighted by Crippen LogP contribution is -2.48. The van der Waals surface area contributed by atoms with Crippen LogP contribution >= 0.6 is 0 Å². The van der Waals surface area contributed by atoms with Crippen LogP contribution in [0.1, 0.15) is 25.7 Å². The first-order valence-electron chi connectivity index (χ1n) is 9.86. The zero-order valence-corrected chi connectivity index (χ0v) is 14.8. The van der Waals surface area contributed by atoms with Crippen molar-refractivity contribution in [1.29, 1.82) is 0 Å². The third kappa shape index (κ3) is 2.00. The van der Waals surface area contributed by atoms with E-state index < -0.39 is 23.8 Å². The summed E-state index contributed by atoms with van der Waals surface area (Å²) in [6.07, 6.45) is -0.788. The van der Waals surface area contributed by atoms with Gasteiger partial charge in [-0.1, -0.05) is 0 Å². The van der Waals surface area contributed by atoms with Crippen molar-refractivity contribution in [3.63, 3.8) is 0 Å². The number of ether oxygens (including phenoxy) is 6. The van der Waals surface area contributed by atoms with Gasteiger partial charge in [0, 0.05) is 12.8 Å². The fourth-order valence-corrected chi connectivity index (χ4v) is 5.73. The van der Waals surface area contributed by atoms with E-state index in [0.29, 0.717) is 12.8 Å². The highest BCUT2D eigenvalue weighted by Crippen LogP contribution is 2.58. The average Bonchev–Trinajstić information content (AvgIpc) is 3.53. The fraction of sp³-hybridized carbons (Fsp3) is 0.889. The van der Waals surface area contributed by atoms with E-state index in [1.54, 1.807) is 0 Å². The van der Waals surface area contributed by atoms with E-state index >= 15 is 0 Å².